The van der Waals surface area contributed by atoms with Crippen molar-refractivity contribution in [3.63, 3.8) is 0 Å². The van der Waals surface area contributed by atoms with E-state index in [1.807, 2.05) is 32.0 Å². The molecule has 84 valence electrons. The van der Waals surface area contributed by atoms with Crippen LogP contribution in [0, 0.1) is 13.8 Å². The summed E-state index contributed by atoms with van der Waals surface area (Å²) in [5.41, 5.74) is 4.03. The molecular weight excluding hydrogens is 212 g/mol. The van der Waals surface area contributed by atoms with Gasteiger partial charge >= 0.3 is 0 Å². The number of nitrogens with one attached hydrogen (secondary N) is 1. The lowest BCUT2D eigenvalue weighted by atomic mass is 10.1. The quantitative estimate of drug-likeness (QED) is 0.691. The van der Waals surface area contributed by atoms with Crippen molar-refractivity contribution in [1.29, 1.82) is 0 Å². The van der Waals surface area contributed by atoms with Crippen molar-refractivity contribution in [2.24, 2.45) is 0 Å². The van der Waals surface area contributed by atoms with Crippen molar-refractivity contribution in [1.82, 2.24) is 19.9 Å². The molecule has 0 atom stereocenters. The molecule has 2 aromatic heterocycles. The number of nitrogens with zero attached hydrogens (tertiary/aromatic N) is 3. The number of imidazole rings is 1. The van der Waals surface area contributed by atoms with Crippen LogP contribution in [0.25, 0.3) is 22.3 Å². The van der Waals surface area contributed by atoms with Gasteiger partial charge in [-0.3, -0.25) is 0 Å². The Kier molecular flexibility index (Phi) is 2.14. The van der Waals surface area contributed by atoms with Crippen molar-refractivity contribution in [2.75, 3.05) is 0 Å². The van der Waals surface area contributed by atoms with Crippen molar-refractivity contribution < 1.29 is 0 Å². The summed E-state index contributed by atoms with van der Waals surface area (Å²) in [6.45, 7) is 3.84. The van der Waals surface area contributed by atoms with Crippen LogP contribution >= 0.6 is 0 Å². The molecule has 0 saturated carbocycles. The summed E-state index contributed by atoms with van der Waals surface area (Å²) < 4.78 is 0. The average Bonchev–Trinajstić information content (AvgIpc) is 2.68. The van der Waals surface area contributed by atoms with Gasteiger partial charge in [0.25, 0.3) is 0 Å². The van der Waals surface area contributed by atoms with E-state index in [2.05, 4.69) is 26.0 Å². The first-order valence-corrected chi connectivity index (χ1v) is 5.49. The number of fused-ring (bicyclic) bond motifs is 1. The number of hydrogen-bond donors (Lipinski definition) is 1. The Morgan fingerprint density at radius 1 is 1.06 bits per heavy atom. The summed E-state index contributed by atoms with van der Waals surface area (Å²) in [6.07, 6.45) is 1.78. The first-order chi connectivity index (χ1) is 8.22. The first kappa shape index (κ1) is 9.96. The van der Waals surface area contributed by atoms with Crippen LogP contribution in [0.5, 0.6) is 0 Å². The van der Waals surface area contributed by atoms with E-state index in [0.717, 1.165) is 33.9 Å². The Bertz CT molecular complexity index is 685. The minimum Gasteiger partial charge on any atom is -0.342 e. The molecule has 2 heterocycles. The van der Waals surface area contributed by atoms with Crippen LogP contribution in [-0.2, 0) is 0 Å². The zero-order valence-electron chi connectivity index (χ0n) is 9.73. The third-order valence-corrected chi connectivity index (χ3v) is 2.67. The van der Waals surface area contributed by atoms with E-state index < -0.39 is 0 Å². The molecule has 1 aromatic carbocycles. The molecule has 0 saturated heterocycles. The van der Waals surface area contributed by atoms with Crippen LogP contribution < -0.4 is 0 Å². The van der Waals surface area contributed by atoms with E-state index in [1.165, 1.54) is 0 Å². The van der Waals surface area contributed by atoms with Gasteiger partial charge in [0.15, 0.2) is 0 Å². The first-order valence-electron chi connectivity index (χ1n) is 5.49. The molecular formula is C13H12N4. The Morgan fingerprint density at radius 2 is 1.94 bits per heavy atom. The second-order valence-corrected chi connectivity index (χ2v) is 4.04. The molecule has 1 N–H and O–H groups in total. The van der Waals surface area contributed by atoms with Crippen molar-refractivity contribution in [3.05, 3.63) is 42.1 Å². The Morgan fingerprint density at radius 3 is 2.76 bits per heavy atom. The zero-order valence-corrected chi connectivity index (χ0v) is 9.73. The van der Waals surface area contributed by atoms with Gasteiger partial charge in [0, 0.05) is 11.8 Å². The number of benzene rings is 1. The van der Waals surface area contributed by atoms with E-state index in [4.69, 9.17) is 0 Å². The highest BCUT2D eigenvalue weighted by molar-refractivity contribution is 5.81. The van der Waals surface area contributed by atoms with Gasteiger partial charge in [-0.25, -0.2) is 15.0 Å². The highest BCUT2D eigenvalue weighted by Gasteiger charge is 2.04. The van der Waals surface area contributed by atoms with Crippen LogP contribution in [0.15, 0.2) is 30.5 Å². The fraction of sp³-hybridized carbons (Fsp3) is 0.154. The molecule has 4 nitrogen and oxygen atoms in total. The minimum atomic E-state index is 0.781. The van der Waals surface area contributed by atoms with Gasteiger partial charge in [-0.05, 0) is 32.0 Å². The lowest BCUT2D eigenvalue weighted by Gasteiger charge is -2.01. The van der Waals surface area contributed by atoms with E-state index >= 15 is 0 Å². The Hall–Kier alpha value is -2.23. The molecule has 0 aliphatic rings. The zero-order chi connectivity index (χ0) is 11.8. The third-order valence-electron chi connectivity index (χ3n) is 2.67. The van der Waals surface area contributed by atoms with E-state index in [9.17, 15) is 0 Å². The molecule has 0 spiro atoms. The number of aromatic amines is 1. The second-order valence-electron chi connectivity index (χ2n) is 4.04. The van der Waals surface area contributed by atoms with Crippen molar-refractivity contribution in [2.45, 2.75) is 13.8 Å². The number of aryl methyl sites for hydroxylation is 2. The smallest absolute Gasteiger partial charge is 0.125 e. The number of rotatable bonds is 1. The van der Waals surface area contributed by atoms with Crippen molar-refractivity contribution in [3.8, 4) is 11.3 Å². The van der Waals surface area contributed by atoms with Gasteiger partial charge < -0.3 is 4.98 Å². The molecule has 3 aromatic rings. The van der Waals surface area contributed by atoms with E-state index in [1.54, 1.807) is 6.20 Å². The molecule has 3 rings (SSSR count). The highest BCUT2D eigenvalue weighted by atomic mass is 14.9. The molecule has 0 radical (unpaired) electrons. The Balaban J connectivity index is 2.17. The lowest BCUT2D eigenvalue weighted by Crippen LogP contribution is -1.89. The van der Waals surface area contributed by atoms with Gasteiger partial charge in [0.05, 0.1) is 16.7 Å². The summed E-state index contributed by atoms with van der Waals surface area (Å²) in [4.78, 5) is 16.1. The van der Waals surface area contributed by atoms with Gasteiger partial charge in [0.1, 0.15) is 11.6 Å². The standard InChI is InChI=1S/C13H12N4/c1-8-14-6-5-11(15-8)10-3-4-12-13(7-10)17-9(2)16-12/h3-7H,1-2H3,(H,16,17). The fourth-order valence-electron chi connectivity index (χ4n) is 1.91. The Labute approximate surface area is 98.8 Å². The van der Waals surface area contributed by atoms with Gasteiger partial charge in [0.2, 0.25) is 0 Å². The van der Waals surface area contributed by atoms with Crippen LogP contribution in [0.1, 0.15) is 11.6 Å². The minimum absolute atomic E-state index is 0.781. The maximum absolute atomic E-state index is 4.41. The van der Waals surface area contributed by atoms with Crippen LogP contribution in [-0.4, -0.2) is 19.9 Å². The molecule has 4 heteroatoms. The monoisotopic (exact) mass is 224 g/mol. The predicted molar refractivity (Wildman–Crippen MR) is 66.6 cm³/mol. The predicted octanol–water partition coefficient (Wildman–Crippen LogP) is 2.64. The van der Waals surface area contributed by atoms with Gasteiger partial charge in [-0.2, -0.15) is 0 Å². The molecule has 0 bridgehead atoms. The van der Waals surface area contributed by atoms with Crippen LogP contribution in [0.3, 0.4) is 0 Å². The fourth-order valence-corrected chi connectivity index (χ4v) is 1.91. The summed E-state index contributed by atoms with van der Waals surface area (Å²) in [5, 5.41) is 0. The van der Waals surface area contributed by atoms with E-state index in [-0.39, 0.29) is 0 Å². The highest BCUT2D eigenvalue weighted by Crippen LogP contribution is 2.21. The topological polar surface area (TPSA) is 54.5 Å². The summed E-state index contributed by atoms with van der Waals surface area (Å²) in [5.74, 6) is 1.71. The summed E-state index contributed by atoms with van der Waals surface area (Å²) >= 11 is 0. The maximum Gasteiger partial charge on any atom is 0.125 e. The summed E-state index contributed by atoms with van der Waals surface area (Å²) in [7, 11) is 0. The van der Waals surface area contributed by atoms with Crippen molar-refractivity contribution >= 4 is 11.0 Å². The number of hydrogen-bond acceptors (Lipinski definition) is 3. The summed E-state index contributed by atoms with van der Waals surface area (Å²) in [6, 6.07) is 8.02. The molecule has 0 unspecified atom stereocenters. The molecule has 0 fully saturated rings. The largest absolute Gasteiger partial charge is 0.342 e. The van der Waals surface area contributed by atoms with E-state index in [0.29, 0.717) is 0 Å². The average molecular weight is 224 g/mol. The maximum atomic E-state index is 4.41. The third kappa shape index (κ3) is 1.78. The van der Waals surface area contributed by atoms with Gasteiger partial charge in [-0.15, -0.1) is 0 Å². The molecule has 0 aliphatic heterocycles. The normalized spacial score (nSPS) is 10.9. The SMILES string of the molecule is Cc1nccc(-c2ccc3nc(C)[nH]c3c2)n1. The number of H-pyrrole nitrogens is 1. The van der Waals surface area contributed by atoms with Gasteiger partial charge in [-0.1, -0.05) is 6.07 Å². The number of aromatic nitrogens is 4. The molecule has 0 aliphatic carbocycles. The second kappa shape index (κ2) is 3.66. The molecule has 0 amide bonds. The van der Waals surface area contributed by atoms with Crippen LogP contribution in [0.2, 0.25) is 0 Å². The molecule has 17 heavy (non-hydrogen) atoms. The lowest BCUT2D eigenvalue weighted by molar-refractivity contribution is 1.06. The van der Waals surface area contributed by atoms with Crippen LogP contribution in [0.4, 0.5) is 0 Å².